The maximum Gasteiger partial charge on any atom is 0.323 e. The number of nitrogens with one attached hydrogen (secondary N) is 2. The van der Waals surface area contributed by atoms with Crippen molar-refractivity contribution in [3.8, 4) is 22.8 Å². The Bertz CT molecular complexity index is 569. The van der Waals surface area contributed by atoms with Crippen molar-refractivity contribution in [3.05, 3.63) is 34.4 Å². The van der Waals surface area contributed by atoms with Crippen molar-refractivity contribution in [2.75, 3.05) is 0 Å². The maximum absolute atomic E-state index is 11.0. The number of aryl methyl sites for hydroxylation is 1. The van der Waals surface area contributed by atoms with Gasteiger partial charge in [0.1, 0.15) is 11.5 Å². The summed E-state index contributed by atoms with van der Waals surface area (Å²) in [5.41, 5.74) is 1.38. The van der Waals surface area contributed by atoms with Gasteiger partial charge in [0.15, 0.2) is 0 Å². The predicted octanol–water partition coefficient (Wildman–Crippen LogP) is 1.34. The summed E-state index contributed by atoms with van der Waals surface area (Å²) in [6, 6.07) is 2.93. The Morgan fingerprint density at radius 2 is 2.00 bits per heavy atom. The van der Waals surface area contributed by atoms with E-state index in [1.807, 2.05) is 6.92 Å². The average molecular weight is 220 g/mol. The van der Waals surface area contributed by atoms with E-state index in [2.05, 4.69) is 9.97 Å². The van der Waals surface area contributed by atoms with Crippen molar-refractivity contribution in [1.29, 1.82) is 0 Å². The van der Waals surface area contributed by atoms with E-state index in [1.54, 1.807) is 6.07 Å². The van der Waals surface area contributed by atoms with E-state index < -0.39 is 0 Å². The van der Waals surface area contributed by atoms with Crippen LogP contribution >= 0.6 is 0 Å². The fraction of sp³-hybridized carbons (Fsp3) is 0.182. The molecule has 0 fully saturated rings. The molecule has 4 N–H and O–H groups in total. The first kappa shape index (κ1) is 10.4. The standard InChI is InChI=1S/C11H12N2O3/c1-2-6-3-7(10(15)4-9(6)14)8-5-12-11(16)13-8/h3-5,14-15H,2H2,1H3,(H2,12,13,16). The van der Waals surface area contributed by atoms with Crippen LogP contribution in [-0.4, -0.2) is 20.2 Å². The van der Waals surface area contributed by atoms with Crippen LogP contribution in [0.2, 0.25) is 0 Å². The lowest BCUT2D eigenvalue weighted by molar-refractivity contribution is 0.447. The number of imidazole rings is 1. The molecule has 2 rings (SSSR count). The molecule has 2 aromatic rings. The Kier molecular flexibility index (Phi) is 2.44. The zero-order valence-electron chi connectivity index (χ0n) is 8.74. The molecule has 0 radical (unpaired) electrons. The largest absolute Gasteiger partial charge is 0.508 e. The molecule has 0 unspecified atom stereocenters. The number of aromatic amines is 2. The molecule has 84 valence electrons. The average Bonchev–Trinajstić information content (AvgIpc) is 2.65. The minimum Gasteiger partial charge on any atom is -0.508 e. The highest BCUT2D eigenvalue weighted by Crippen LogP contribution is 2.33. The van der Waals surface area contributed by atoms with Crippen LogP contribution in [0.1, 0.15) is 12.5 Å². The van der Waals surface area contributed by atoms with Gasteiger partial charge in [-0.25, -0.2) is 4.79 Å². The summed E-state index contributed by atoms with van der Waals surface area (Å²) < 4.78 is 0. The lowest BCUT2D eigenvalue weighted by atomic mass is 10.0. The molecule has 1 heterocycles. The first-order valence-electron chi connectivity index (χ1n) is 4.94. The van der Waals surface area contributed by atoms with Gasteiger partial charge >= 0.3 is 5.69 Å². The lowest BCUT2D eigenvalue weighted by Gasteiger charge is -2.07. The molecule has 0 saturated heterocycles. The molecular formula is C11H12N2O3. The normalized spacial score (nSPS) is 10.6. The quantitative estimate of drug-likeness (QED) is 0.615. The van der Waals surface area contributed by atoms with Crippen molar-refractivity contribution in [1.82, 2.24) is 9.97 Å². The SMILES string of the molecule is CCc1cc(-c2c[nH]c(=O)[nH]2)c(O)cc1O. The predicted molar refractivity (Wildman–Crippen MR) is 59.6 cm³/mol. The van der Waals surface area contributed by atoms with Crippen molar-refractivity contribution in [2.45, 2.75) is 13.3 Å². The molecule has 16 heavy (non-hydrogen) atoms. The summed E-state index contributed by atoms with van der Waals surface area (Å²) in [6.07, 6.45) is 2.13. The smallest absolute Gasteiger partial charge is 0.323 e. The maximum atomic E-state index is 11.0. The van der Waals surface area contributed by atoms with E-state index in [0.29, 0.717) is 17.7 Å². The minimum atomic E-state index is -0.333. The van der Waals surface area contributed by atoms with E-state index in [0.717, 1.165) is 5.56 Å². The van der Waals surface area contributed by atoms with E-state index in [1.165, 1.54) is 12.3 Å². The van der Waals surface area contributed by atoms with Gasteiger partial charge in [0, 0.05) is 17.8 Å². The fourth-order valence-electron chi connectivity index (χ4n) is 1.60. The third-order valence-corrected chi connectivity index (χ3v) is 2.46. The summed E-state index contributed by atoms with van der Waals surface area (Å²) >= 11 is 0. The number of benzene rings is 1. The van der Waals surface area contributed by atoms with Crippen molar-refractivity contribution >= 4 is 0 Å². The van der Waals surface area contributed by atoms with Gasteiger partial charge < -0.3 is 20.2 Å². The Morgan fingerprint density at radius 3 is 2.56 bits per heavy atom. The lowest BCUT2D eigenvalue weighted by Crippen LogP contribution is -2.00. The number of hydrogen-bond acceptors (Lipinski definition) is 3. The van der Waals surface area contributed by atoms with Gasteiger partial charge in [0.25, 0.3) is 0 Å². The summed E-state index contributed by atoms with van der Waals surface area (Å²) in [6.45, 7) is 1.90. The molecule has 0 bridgehead atoms. The molecule has 0 amide bonds. The van der Waals surface area contributed by atoms with Crippen LogP contribution in [0, 0.1) is 0 Å². The second-order valence-electron chi connectivity index (χ2n) is 3.51. The number of phenols is 2. The Morgan fingerprint density at radius 1 is 1.25 bits per heavy atom. The molecule has 0 aliphatic heterocycles. The van der Waals surface area contributed by atoms with Crippen molar-refractivity contribution < 1.29 is 10.2 Å². The molecule has 1 aromatic carbocycles. The molecule has 0 spiro atoms. The van der Waals surface area contributed by atoms with E-state index >= 15 is 0 Å². The van der Waals surface area contributed by atoms with Gasteiger partial charge in [0.2, 0.25) is 0 Å². The number of H-pyrrole nitrogens is 2. The topological polar surface area (TPSA) is 89.1 Å². The summed E-state index contributed by atoms with van der Waals surface area (Å²) in [5.74, 6) is -0.00779. The van der Waals surface area contributed by atoms with Crippen LogP contribution in [0.25, 0.3) is 11.3 Å². The second kappa shape index (κ2) is 3.77. The fourth-order valence-corrected chi connectivity index (χ4v) is 1.60. The summed E-state index contributed by atoms with van der Waals surface area (Å²) in [5, 5.41) is 19.2. The van der Waals surface area contributed by atoms with Crippen LogP contribution in [0.15, 0.2) is 23.1 Å². The highest BCUT2D eigenvalue weighted by molar-refractivity contribution is 5.69. The van der Waals surface area contributed by atoms with Crippen LogP contribution in [0.5, 0.6) is 11.5 Å². The number of rotatable bonds is 2. The third kappa shape index (κ3) is 1.67. The van der Waals surface area contributed by atoms with E-state index in [-0.39, 0.29) is 17.2 Å². The zero-order valence-corrected chi connectivity index (χ0v) is 8.74. The molecule has 0 aliphatic carbocycles. The molecule has 0 saturated carbocycles. The number of aromatic nitrogens is 2. The van der Waals surface area contributed by atoms with Gasteiger partial charge in [-0.05, 0) is 18.1 Å². The zero-order chi connectivity index (χ0) is 11.7. The molecule has 5 heteroatoms. The van der Waals surface area contributed by atoms with Crippen LogP contribution in [0.4, 0.5) is 0 Å². The van der Waals surface area contributed by atoms with Crippen LogP contribution in [-0.2, 0) is 6.42 Å². The highest BCUT2D eigenvalue weighted by Gasteiger charge is 2.10. The number of hydrogen-bond donors (Lipinski definition) is 4. The van der Waals surface area contributed by atoms with E-state index in [4.69, 9.17) is 0 Å². The van der Waals surface area contributed by atoms with Gasteiger partial charge in [-0.15, -0.1) is 0 Å². The molecule has 1 aromatic heterocycles. The first-order chi connectivity index (χ1) is 7.61. The monoisotopic (exact) mass is 220 g/mol. The number of aromatic hydroxyl groups is 2. The van der Waals surface area contributed by atoms with E-state index in [9.17, 15) is 15.0 Å². The summed E-state index contributed by atoms with van der Waals surface area (Å²) in [7, 11) is 0. The van der Waals surface area contributed by atoms with Gasteiger partial charge in [-0.3, -0.25) is 0 Å². The van der Waals surface area contributed by atoms with Gasteiger partial charge in [-0.2, -0.15) is 0 Å². The van der Waals surface area contributed by atoms with Gasteiger partial charge in [0.05, 0.1) is 5.69 Å². The Labute approximate surface area is 91.4 Å². The molecule has 0 aliphatic rings. The highest BCUT2D eigenvalue weighted by atomic mass is 16.3. The second-order valence-corrected chi connectivity index (χ2v) is 3.51. The third-order valence-electron chi connectivity index (χ3n) is 2.46. The summed E-state index contributed by atoms with van der Waals surface area (Å²) in [4.78, 5) is 16.0. The molecule has 5 nitrogen and oxygen atoms in total. The minimum absolute atomic E-state index is 0.0571. The van der Waals surface area contributed by atoms with Crippen LogP contribution in [0.3, 0.4) is 0 Å². The first-order valence-corrected chi connectivity index (χ1v) is 4.94. The Balaban J connectivity index is 2.60. The van der Waals surface area contributed by atoms with Crippen molar-refractivity contribution in [3.63, 3.8) is 0 Å². The molecule has 0 atom stereocenters. The number of phenolic OH excluding ortho intramolecular Hbond substituents is 2. The van der Waals surface area contributed by atoms with Gasteiger partial charge in [-0.1, -0.05) is 6.92 Å². The Hall–Kier alpha value is -2.17. The van der Waals surface area contributed by atoms with Crippen molar-refractivity contribution in [2.24, 2.45) is 0 Å². The van der Waals surface area contributed by atoms with Crippen LogP contribution < -0.4 is 5.69 Å². The molecular weight excluding hydrogens is 208 g/mol.